The highest BCUT2D eigenvalue weighted by Crippen LogP contribution is 2.14. The molecule has 1 aromatic heterocycles. The number of ether oxygens (including phenoxy) is 1. The fraction of sp³-hybridized carbons (Fsp3) is 0.600. The van der Waals surface area contributed by atoms with Crippen LogP contribution < -0.4 is 4.90 Å². The number of anilines is 1. The Morgan fingerprint density at radius 1 is 1.21 bits per heavy atom. The maximum atomic E-state index is 5.29. The van der Waals surface area contributed by atoms with E-state index in [4.69, 9.17) is 4.74 Å². The number of rotatable bonds is 1. The van der Waals surface area contributed by atoms with Gasteiger partial charge >= 0.3 is 0 Å². The van der Waals surface area contributed by atoms with Gasteiger partial charge in [-0.1, -0.05) is 0 Å². The van der Waals surface area contributed by atoms with E-state index in [0.717, 1.165) is 37.8 Å². The summed E-state index contributed by atoms with van der Waals surface area (Å²) >= 11 is 0. The summed E-state index contributed by atoms with van der Waals surface area (Å²) in [6.45, 7) is 7.44. The summed E-state index contributed by atoms with van der Waals surface area (Å²) in [6, 6.07) is 2.09. The molecule has 1 aliphatic rings. The van der Waals surface area contributed by atoms with Crippen molar-refractivity contribution in [1.29, 1.82) is 0 Å². The largest absolute Gasteiger partial charge is 0.378 e. The normalized spacial score (nSPS) is 17.1. The molecule has 0 radical (unpaired) electrons. The molecule has 0 N–H and O–H groups in total. The molecule has 0 bridgehead atoms. The van der Waals surface area contributed by atoms with Gasteiger partial charge in [-0.15, -0.1) is 5.10 Å². The van der Waals surface area contributed by atoms with E-state index < -0.39 is 0 Å². The molecule has 76 valence electrons. The van der Waals surface area contributed by atoms with Crippen molar-refractivity contribution in [3.8, 4) is 0 Å². The summed E-state index contributed by atoms with van der Waals surface area (Å²) in [5.74, 6) is 0.969. The molecule has 0 unspecified atom stereocenters. The lowest BCUT2D eigenvalue weighted by Gasteiger charge is -2.27. The highest BCUT2D eigenvalue weighted by molar-refractivity contribution is 5.40. The van der Waals surface area contributed by atoms with Crippen molar-refractivity contribution < 1.29 is 4.74 Å². The summed E-state index contributed by atoms with van der Waals surface area (Å²) in [4.78, 5) is 2.21. The van der Waals surface area contributed by atoms with Crippen molar-refractivity contribution in [1.82, 2.24) is 10.2 Å². The van der Waals surface area contributed by atoms with Crippen LogP contribution in [0, 0.1) is 13.8 Å². The van der Waals surface area contributed by atoms with Gasteiger partial charge in [0.2, 0.25) is 0 Å². The average molecular weight is 193 g/mol. The molecular weight excluding hydrogens is 178 g/mol. The Hall–Kier alpha value is -1.16. The van der Waals surface area contributed by atoms with Crippen LogP contribution in [0.5, 0.6) is 0 Å². The number of aryl methyl sites for hydroxylation is 2. The predicted octanol–water partition coefficient (Wildman–Crippen LogP) is 0.930. The Bertz CT molecular complexity index is 321. The van der Waals surface area contributed by atoms with Crippen LogP contribution in [0.25, 0.3) is 0 Å². The van der Waals surface area contributed by atoms with E-state index >= 15 is 0 Å². The molecule has 1 saturated heterocycles. The first kappa shape index (κ1) is 9.40. The van der Waals surface area contributed by atoms with Crippen LogP contribution in [-0.4, -0.2) is 36.5 Å². The van der Waals surface area contributed by atoms with Crippen molar-refractivity contribution in [2.24, 2.45) is 0 Å². The first-order chi connectivity index (χ1) is 6.77. The average Bonchev–Trinajstić information content (AvgIpc) is 2.23. The summed E-state index contributed by atoms with van der Waals surface area (Å²) in [6.07, 6.45) is 0. The number of hydrogen-bond donors (Lipinski definition) is 0. The fourth-order valence-electron chi connectivity index (χ4n) is 1.48. The first-order valence-corrected chi connectivity index (χ1v) is 4.91. The van der Waals surface area contributed by atoms with Crippen molar-refractivity contribution in [2.75, 3.05) is 31.2 Å². The van der Waals surface area contributed by atoms with Crippen LogP contribution in [0.3, 0.4) is 0 Å². The summed E-state index contributed by atoms with van der Waals surface area (Å²) < 4.78 is 5.29. The van der Waals surface area contributed by atoms with Gasteiger partial charge in [0.25, 0.3) is 0 Å². The Morgan fingerprint density at radius 3 is 2.57 bits per heavy atom. The number of morpholine rings is 1. The molecule has 14 heavy (non-hydrogen) atoms. The summed E-state index contributed by atoms with van der Waals surface area (Å²) in [5.41, 5.74) is 2.20. The molecule has 0 atom stereocenters. The van der Waals surface area contributed by atoms with Crippen LogP contribution in [-0.2, 0) is 4.74 Å². The minimum absolute atomic E-state index is 0.786. The molecule has 1 fully saturated rings. The second-order valence-corrected chi connectivity index (χ2v) is 3.57. The third kappa shape index (κ3) is 1.85. The monoisotopic (exact) mass is 193 g/mol. The third-order valence-corrected chi connectivity index (χ3v) is 2.55. The van der Waals surface area contributed by atoms with E-state index in [0.29, 0.717) is 0 Å². The first-order valence-electron chi connectivity index (χ1n) is 4.91. The van der Waals surface area contributed by atoms with E-state index in [1.54, 1.807) is 0 Å². The van der Waals surface area contributed by atoms with E-state index in [1.165, 1.54) is 5.56 Å². The van der Waals surface area contributed by atoms with Crippen LogP contribution >= 0.6 is 0 Å². The topological polar surface area (TPSA) is 38.2 Å². The number of hydrogen-bond acceptors (Lipinski definition) is 4. The maximum absolute atomic E-state index is 5.29. The van der Waals surface area contributed by atoms with Gasteiger partial charge in [-0.05, 0) is 25.5 Å². The van der Waals surface area contributed by atoms with Gasteiger partial charge in [-0.3, -0.25) is 0 Å². The number of aromatic nitrogens is 2. The summed E-state index contributed by atoms with van der Waals surface area (Å²) in [5, 5.41) is 8.30. The van der Waals surface area contributed by atoms with E-state index in [2.05, 4.69) is 28.1 Å². The molecule has 0 spiro atoms. The fourth-order valence-corrected chi connectivity index (χ4v) is 1.48. The summed E-state index contributed by atoms with van der Waals surface area (Å²) in [7, 11) is 0. The minimum atomic E-state index is 0.786. The van der Waals surface area contributed by atoms with Gasteiger partial charge in [0.15, 0.2) is 5.82 Å². The van der Waals surface area contributed by atoms with E-state index in [9.17, 15) is 0 Å². The molecule has 1 aliphatic heterocycles. The molecule has 2 heterocycles. The molecular formula is C10H15N3O. The van der Waals surface area contributed by atoms with Gasteiger partial charge in [0.1, 0.15) is 0 Å². The highest BCUT2D eigenvalue weighted by Gasteiger charge is 2.13. The SMILES string of the molecule is Cc1cc(N2CCOCC2)nnc1C. The Kier molecular flexibility index (Phi) is 2.63. The minimum Gasteiger partial charge on any atom is -0.378 e. The lowest BCUT2D eigenvalue weighted by molar-refractivity contribution is 0.122. The molecule has 4 nitrogen and oxygen atoms in total. The molecule has 1 aromatic rings. The maximum Gasteiger partial charge on any atom is 0.151 e. The van der Waals surface area contributed by atoms with Gasteiger partial charge in [-0.2, -0.15) is 5.10 Å². The second kappa shape index (κ2) is 3.92. The van der Waals surface area contributed by atoms with Crippen LogP contribution in [0.1, 0.15) is 11.3 Å². The zero-order valence-electron chi connectivity index (χ0n) is 8.66. The Morgan fingerprint density at radius 2 is 1.93 bits per heavy atom. The quantitative estimate of drug-likeness (QED) is 0.665. The van der Waals surface area contributed by atoms with Crippen molar-refractivity contribution in [3.05, 3.63) is 17.3 Å². The van der Waals surface area contributed by atoms with Gasteiger partial charge < -0.3 is 9.64 Å². The van der Waals surface area contributed by atoms with Crippen molar-refractivity contribution in [3.63, 3.8) is 0 Å². The molecule has 0 saturated carbocycles. The molecule has 0 aromatic carbocycles. The lowest BCUT2D eigenvalue weighted by atomic mass is 10.2. The third-order valence-electron chi connectivity index (χ3n) is 2.55. The predicted molar refractivity (Wildman–Crippen MR) is 54.5 cm³/mol. The standard InChI is InChI=1S/C10H15N3O/c1-8-7-10(12-11-9(8)2)13-3-5-14-6-4-13/h7H,3-6H2,1-2H3. The zero-order valence-corrected chi connectivity index (χ0v) is 8.66. The van der Waals surface area contributed by atoms with Gasteiger partial charge in [0, 0.05) is 13.1 Å². The van der Waals surface area contributed by atoms with Crippen LogP contribution in [0.2, 0.25) is 0 Å². The van der Waals surface area contributed by atoms with Crippen LogP contribution in [0.4, 0.5) is 5.82 Å². The lowest BCUT2D eigenvalue weighted by Crippen LogP contribution is -2.37. The van der Waals surface area contributed by atoms with Gasteiger partial charge in [0.05, 0.1) is 18.9 Å². The van der Waals surface area contributed by atoms with Crippen LogP contribution in [0.15, 0.2) is 6.07 Å². The second-order valence-electron chi connectivity index (χ2n) is 3.57. The smallest absolute Gasteiger partial charge is 0.151 e. The molecule has 4 heteroatoms. The number of nitrogens with zero attached hydrogens (tertiary/aromatic N) is 3. The molecule has 2 rings (SSSR count). The Labute approximate surface area is 83.9 Å². The van der Waals surface area contributed by atoms with E-state index in [1.807, 2.05) is 6.92 Å². The van der Waals surface area contributed by atoms with Gasteiger partial charge in [-0.25, -0.2) is 0 Å². The molecule has 0 amide bonds. The van der Waals surface area contributed by atoms with Crippen molar-refractivity contribution >= 4 is 5.82 Å². The van der Waals surface area contributed by atoms with E-state index in [-0.39, 0.29) is 0 Å². The van der Waals surface area contributed by atoms with Crippen molar-refractivity contribution in [2.45, 2.75) is 13.8 Å². The zero-order chi connectivity index (χ0) is 9.97. The molecule has 0 aliphatic carbocycles. The Balaban J connectivity index is 2.18. The highest BCUT2D eigenvalue weighted by atomic mass is 16.5.